The third kappa shape index (κ3) is 3.92. The summed E-state index contributed by atoms with van der Waals surface area (Å²) in [5.74, 6) is 0.433. The van der Waals surface area contributed by atoms with E-state index >= 15 is 0 Å². The van der Waals surface area contributed by atoms with Crippen molar-refractivity contribution in [3.63, 3.8) is 0 Å². The van der Waals surface area contributed by atoms with E-state index in [2.05, 4.69) is 34.1 Å². The minimum absolute atomic E-state index is 0.00547. The van der Waals surface area contributed by atoms with Crippen molar-refractivity contribution in [3.8, 4) is 5.88 Å². The van der Waals surface area contributed by atoms with Crippen molar-refractivity contribution in [2.45, 2.75) is 13.5 Å². The van der Waals surface area contributed by atoms with Gasteiger partial charge >= 0.3 is 0 Å². The molecule has 126 valence electrons. The molecule has 5 heteroatoms. The molecule has 0 atom stereocenters. The summed E-state index contributed by atoms with van der Waals surface area (Å²) in [6.07, 6.45) is 1.65. The van der Waals surface area contributed by atoms with Crippen LogP contribution < -0.4 is 4.74 Å². The van der Waals surface area contributed by atoms with Gasteiger partial charge in [0.2, 0.25) is 5.88 Å². The largest absolute Gasteiger partial charge is 0.477 e. The number of benzene rings is 1. The molecule has 0 unspecified atom stereocenters. The van der Waals surface area contributed by atoms with Crippen molar-refractivity contribution in [1.29, 1.82) is 0 Å². The standard InChI is InChI=1S/C19H23N3O2/c1-2-24-18-17(9-6-10-20-18)19(23)22-13-11-21(12-14-22)15-16-7-4-3-5-8-16/h3-10H,2,11-15H2,1H3. The minimum atomic E-state index is 0.00547. The maximum absolute atomic E-state index is 12.7. The van der Waals surface area contributed by atoms with Crippen LogP contribution in [0.2, 0.25) is 0 Å². The molecule has 0 aliphatic carbocycles. The number of amides is 1. The first-order chi connectivity index (χ1) is 11.8. The Morgan fingerprint density at radius 2 is 1.83 bits per heavy atom. The quantitative estimate of drug-likeness (QED) is 0.847. The lowest BCUT2D eigenvalue weighted by molar-refractivity contribution is 0.0623. The molecule has 2 aromatic rings. The van der Waals surface area contributed by atoms with E-state index in [0.717, 1.165) is 32.7 Å². The van der Waals surface area contributed by atoms with Crippen LogP contribution in [-0.2, 0) is 6.54 Å². The van der Waals surface area contributed by atoms with E-state index in [1.165, 1.54) is 5.56 Å². The van der Waals surface area contributed by atoms with Gasteiger partial charge in [-0.25, -0.2) is 4.98 Å². The number of aromatic nitrogens is 1. The predicted molar refractivity (Wildman–Crippen MR) is 93.0 cm³/mol. The summed E-state index contributed by atoms with van der Waals surface area (Å²) < 4.78 is 5.48. The number of piperazine rings is 1. The lowest BCUT2D eigenvalue weighted by atomic mass is 10.2. The van der Waals surface area contributed by atoms with Gasteiger partial charge in [-0.15, -0.1) is 0 Å². The molecule has 1 saturated heterocycles. The van der Waals surface area contributed by atoms with Crippen molar-refractivity contribution in [3.05, 3.63) is 59.8 Å². The van der Waals surface area contributed by atoms with Gasteiger partial charge in [0.05, 0.1) is 6.61 Å². The van der Waals surface area contributed by atoms with Gasteiger partial charge in [0, 0.05) is 38.9 Å². The SMILES string of the molecule is CCOc1ncccc1C(=O)N1CCN(Cc2ccccc2)CC1. The predicted octanol–water partition coefficient (Wildman–Crippen LogP) is 2.44. The average Bonchev–Trinajstić information content (AvgIpc) is 2.63. The van der Waals surface area contributed by atoms with Gasteiger partial charge in [0.25, 0.3) is 5.91 Å². The fraction of sp³-hybridized carbons (Fsp3) is 0.368. The molecule has 5 nitrogen and oxygen atoms in total. The molecule has 1 amide bonds. The molecule has 0 saturated carbocycles. The number of ether oxygens (including phenoxy) is 1. The van der Waals surface area contributed by atoms with Gasteiger partial charge in [-0.2, -0.15) is 0 Å². The van der Waals surface area contributed by atoms with Gasteiger partial charge in [0.15, 0.2) is 0 Å². The van der Waals surface area contributed by atoms with Gasteiger partial charge in [0.1, 0.15) is 5.56 Å². The summed E-state index contributed by atoms with van der Waals surface area (Å²) in [7, 11) is 0. The number of nitrogens with zero attached hydrogens (tertiary/aromatic N) is 3. The molecular formula is C19H23N3O2. The Morgan fingerprint density at radius 1 is 1.08 bits per heavy atom. The highest BCUT2D eigenvalue weighted by molar-refractivity contribution is 5.96. The van der Waals surface area contributed by atoms with E-state index in [9.17, 15) is 4.79 Å². The highest BCUT2D eigenvalue weighted by Crippen LogP contribution is 2.18. The Balaban J connectivity index is 1.59. The molecule has 1 aliphatic rings. The fourth-order valence-electron chi connectivity index (χ4n) is 2.93. The summed E-state index contributed by atoms with van der Waals surface area (Å²) in [4.78, 5) is 21.2. The molecule has 1 aliphatic heterocycles. The van der Waals surface area contributed by atoms with Crippen LogP contribution in [0.4, 0.5) is 0 Å². The topological polar surface area (TPSA) is 45.7 Å². The second-order valence-corrected chi connectivity index (χ2v) is 5.84. The number of rotatable bonds is 5. The summed E-state index contributed by atoms with van der Waals surface area (Å²) >= 11 is 0. The van der Waals surface area contributed by atoms with Crippen LogP contribution in [0.3, 0.4) is 0 Å². The number of hydrogen-bond donors (Lipinski definition) is 0. The molecule has 0 spiro atoms. The molecule has 3 rings (SSSR count). The Kier molecular flexibility index (Phi) is 5.43. The minimum Gasteiger partial charge on any atom is -0.477 e. The highest BCUT2D eigenvalue weighted by Gasteiger charge is 2.24. The molecule has 1 aromatic heterocycles. The molecule has 1 aromatic carbocycles. The van der Waals surface area contributed by atoms with Gasteiger partial charge in [-0.3, -0.25) is 9.69 Å². The number of hydrogen-bond acceptors (Lipinski definition) is 4. The lowest BCUT2D eigenvalue weighted by Gasteiger charge is -2.34. The van der Waals surface area contributed by atoms with Gasteiger partial charge in [-0.05, 0) is 24.6 Å². The first-order valence-electron chi connectivity index (χ1n) is 8.41. The fourth-order valence-corrected chi connectivity index (χ4v) is 2.93. The number of pyridine rings is 1. The molecular weight excluding hydrogens is 302 g/mol. The van der Waals surface area contributed by atoms with Crippen LogP contribution in [0.15, 0.2) is 48.7 Å². The van der Waals surface area contributed by atoms with Gasteiger partial charge in [-0.1, -0.05) is 30.3 Å². The Labute approximate surface area is 142 Å². The van der Waals surface area contributed by atoms with Crippen LogP contribution in [0.5, 0.6) is 5.88 Å². The molecule has 0 radical (unpaired) electrons. The highest BCUT2D eigenvalue weighted by atomic mass is 16.5. The monoisotopic (exact) mass is 325 g/mol. The Hall–Kier alpha value is -2.40. The zero-order chi connectivity index (χ0) is 16.8. The normalized spacial score (nSPS) is 15.3. The third-order valence-corrected chi connectivity index (χ3v) is 4.19. The van der Waals surface area contributed by atoms with Crippen LogP contribution in [-0.4, -0.2) is 53.5 Å². The van der Waals surface area contributed by atoms with Gasteiger partial charge < -0.3 is 9.64 Å². The van der Waals surface area contributed by atoms with Crippen molar-refractivity contribution in [1.82, 2.24) is 14.8 Å². The van der Waals surface area contributed by atoms with Crippen LogP contribution >= 0.6 is 0 Å². The zero-order valence-corrected chi connectivity index (χ0v) is 14.0. The van der Waals surface area contributed by atoms with Crippen molar-refractivity contribution >= 4 is 5.91 Å². The maximum atomic E-state index is 12.7. The van der Waals surface area contributed by atoms with E-state index in [1.807, 2.05) is 17.9 Å². The van der Waals surface area contributed by atoms with E-state index in [1.54, 1.807) is 18.3 Å². The Morgan fingerprint density at radius 3 is 2.54 bits per heavy atom. The number of carbonyl (C=O) groups is 1. The maximum Gasteiger partial charge on any atom is 0.259 e. The summed E-state index contributed by atoms with van der Waals surface area (Å²) in [5, 5.41) is 0. The van der Waals surface area contributed by atoms with Crippen molar-refractivity contribution < 1.29 is 9.53 Å². The second-order valence-electron chi connectivity index (χ2n) is 5.84. The second kappa shape index (κ2) is 7.93. The van der Waals surface area contributed by atoms with Crippen LogP contribution in [0.1, 0.15) is 22.8 Å². The van der Waals surface area contributed by atoms with E-state index in [4.69, 9.17) is 4.74 Å². The molecule has 1 fully saturated rings. The molecule has 24 heavy (non-hydrogen) atoms. The smallest absolute Gasteiger partial charge is 0.259 e. The molecule has 0 N–H and O–H groups in total. The van der Waals surface area contributed by atoms with Crippen molar-refractivity contribution in [2.75, 3.05) is 32.8 Å². The van der Waals surface area contributed by atoms with E-state index in [0.29, 0.717) is 18.1 Å². The summed E-state index contributed by atoms with van der Waals surface area (Å²) in [6, 6.07) is 14.0. The summed E-state index contributed by atoms with van der Waals surface area (Å²) in [6.45, 7) is 6.54. The lowest BCUT2D eigenvalue weighted by Crippen LogP contribution is -2.48. The van der Waals surface area contributed by atoms with Crippen molar-refractivity contribution in [2.24, 2.45) is 0 Å². The average molecular weight is 325 g/mol. The summed E-state index contributed by atoms with van der Waals surface area (Å²) in [5.41, 5.74) is 1.86. The third-order valence-electron chi connectivity index (χ3n) is 4.19. The zero-order valence-electron chi connectivity index (χ0n) is 14.0. The number of carbonyl (C=O) groups excluding carboxylic acids is 1. The van der Waals surface area contributed by atoms with E-state index in [-0.39, 0.29) is 5.91 Å². The first kappa shape index (κ1) is 16.5. The Bertz CT molecular complexity index is 667. The van der Waals surface area contributed by atoms with E-state index < -0.39 is 0 Å². The van der Waals surface area contributed by atoms with Crippen LogP contribution in [0.25, 0.3) is 0 Å². The molecule has 0 bridgehead atoms. The van der Waals surface area contributed by atoms with Crippen LogP contribution in [0, 0.1) is 0 Å². The molecule has 2 heterocycles. The first-order valence-corrected chi connectivity index (χ1v) is 8.41.